The third kappa shape index (κ3) is 2.84. The molecule has 2 aromatic carbocycles. The lowest BCUT2D eigenvalue weighted by Crippen LogP contribution is -2.43. The third-order valence-electron chi connectivity index (χ3n) is 5.70. The van der Waals surface area contributed by atoms with Crippen LogP contribution in [0.3, 0.4) is 0 Å². The molecular weight excluding hydrogens is 344 g/mol. The first-order chi connectivity index (χ1) is 13.4. The lowest BCUT2D eigenvalue weighted by atomic mass is 10.1. The second-order valence-electron chi connectivity index (χ2n) is 7.96. The molecule has 3 aromatic rings. The van der Waals surface area contributed by atoms with Crippen molar-refractivity contribution in [1.29, 1.82) is 0 Å². The average molecular weight is 374 g/mol. The van der Waals surface area contributed by atoms with Gasteiger partial charge in [0.15, 0.2) is 0 Å². The second-order valence-corrected chi connectivity index (χ2v) is 7.96. The molecule has 28 heavy (non-hydrogen) atoms. The first-order valence-corrected chi connectivity index (χ1v) is 10.0. The zero-order valence-corrected chi connectivity index (χ0v) is 17.6. The van der Waals surface area contributed by atoms with Crippen LogP contribution in [0.4, 0.5) is 17.1 Å². The van der Waals surface area contributed by atoms with E-state index in [2.05, 4.69) is 103 Å². The lowest BCUT2D eigenvalue weighted by molar-refractivity contribution is -0.606. The first-order valence-electron chi connectivity index (χ1n) is 10.0. The Labute approximate surface area is 168 Å². The fourth-order valence-corrected chi connectivity index (χ4v) is 4.48. The number of aryl methyl sites for hydroxylation is 2. The van der Waals surface area contributed by atoms with E-state index in [1.54, 1.807) is 0 Å². The average Bonchev–Trinajstić information content (AvgIpc) is 2.96. The summed E-state index contributed by atoms with van der Waals surface area (Å²) in [5, 5.41) is 0. The number of hydrogen-bond acceptors (Lipinski definition) is 3. The molecule has 4 rings (SSSR count). The Balaban J connectivity index is 1.92. The molecule has 2 heterocycles. The molecule has 0 saturated heterocycles. The predicted octanol–water partition coefficient (Wildman–Crippen LogP) is 5.00. The Morgan fingerprint density at radius 1 is 0.964 bits per heavy atom. The monoisotopic (exact) mass is 373 g/mol. The fraction of sp³-hybridized carbons (Fsp3) is 0.333. The van der Waals surface area contributed by atoms with E-state index < -0.39 is 0 Å². The summed E-state index contributed by atoms with van der Waals surface area (Å²) in [6.07, 6.45) is 4.19. The summed E-state index contributed by atoms with van der Waals surface area (Å²) in [6, 6.07) is 15.7. The van der Waals surface area contributed by atoms with E-state index in [-0.39, 0.29) is 6.17 Å². The van der Waals surface area contributed by atoms with Gasteiger partial charge >= 0.3 is 0 Å². The second kappa shape index (κ2) is 6.93. The summed E-state index contributed by atoms with van der Waals surface area (Å²) in [7, 11) is 0. The Morgan fingerprint density at radius 3 is 2.36 bits per heavy atom. The maximum absolute atomic E-state index is 4.48. The van der Waals surface area contributed by atoms with Gasteiger partial charge in [0.25, 0.3) is 5.82 Å². The first kappa shape index (κ1) is 18.5. The van der Waals surface area contributed by atoms with E-state index in [0.29, 0.717) is 6.04 Å². The number of fused-ring (bicyclic) bond motifs is 1. The largest absolute Gasteiger partial charge is 0.347 e. The normalized spacial score (nSPS) is 16.0. The maximum Gasteiger partial charge on any atom is 0.300 e. The molecule has 0 unspecified atom stereocenters. The Morgan fingerprint density at radius 2 is 1.68 bits per heavy atom. The van der Waals surface area contributed by atoms with Crippen molar-refractivity contribution in [3.8, 4) is 5.69 Å². The van der Waals surface area contributed by atoms with Crippen LogP contribution in [0, 0.1) is 20.8 Å². The van der Waals surface area contributed by atoms with Gasteiger partial charge in [-0.1, -0.05) is 17.1 Å². The van der Waals surface area contributed by atoms with Gasteiger partial charge in [-0.3, -0.25) is 0 Å². The molecule has 0 fully saturated rings. The van der Waals surface area contributed by atoms with Crippen molar-refractivity contribution in [3.05, 3.63) is 71.8 Å². The summed E-state index contributed by atoms with van der Waals surface area (Å²) in [5.41, 5.74) is 7.54. The SMILES string of the molecule is Cc1cc(N2c3ccccc3N(C(C)C)[C@H]2C)c(C)c(-[n+]2cccnc2C)c1. The van der Waals surface area contributed by atoms with Crippen LogP contribution in [-0.2, 0) is 0 Å². The molecule has 4 heteroatoms. The number of rotatable bonds is 3. The smallest absolute Gasteiger partial charge is 0.300 e. The molecule has 1 aliphatic rings. The van der Waals surface area contributed by atoms with Crippen molar-refractivity contribution in [3.63, 3.8) is 0 Å². The van der Waals surface area contributed by atoms with Crippen molar-refractivity contribution < 1.29 is 4.57 Å². The molecule has 1 aliphatic heterocycles. The van der Waals surface area contributed by atoms with E-state index in [9.17, 15) is 0 Å². The number of para-hydroxylation sites is 2. The van der Waals surface area contributed by atoms with Crippen LogP contribution >= 0.6 is 0 Å². The van der Waals surface area contributed by atoms with Gasteiger partial charge in [0.1, 0.15) is 24.2 Å². The van der Waals surface area contributed by atoms with E-state index in [1.807, 2.05) is 12.3 Å². The van der Waals surface area contributed by atoms with Crippen LogP contribution in [0.25, 0.3) is 5.69 Å². The van der Waals surface area contributed by atoms with E-state index in [1.165, 1.54) is 33.9 Å². The lowest BCUT2D eigenvalue weighted by Gasteiger charge is -2.34. The molecule has 0 spiro atoms. The summed E-state index contributed by atoms with van der Waals surface area (Å²) in [5.74, 6) is 0.987. The molecule has 1 atom stereocenters. The van der Waals surface area contributed by atoms with Gasteiger partial charge in [-0.15, -0.1) is 0 Å². The van der Waals surface area contributed by atoms with E-state index in [0.717, 1.165) is 5.82 Å². The summed E-state index contributed by atoms with van der Waals surface area (Å²) >= 11 is 0. The molecule has 0 bridgehead atoms. The van der Waals surface area contributed by atoms with Crippen molar-refractivity contribution in [1.82, 2.24) is 4.98 Å². The standard InChI is InChI=1S/C24H29N4/c1-16(2)27-20(6)28(22-11-8-7-10-21(22)27)24-15-17(3)14-23(18(24)4)26-13-9-12-25-19(26)5/h7-16,20H,1-6H3/q+1/t20-/m1/s1. The van der Waals surface area contributed by atoms with Crippen LogP contribution in [0.15, 0.2) is 54.9 Å². The van der Waals surface area contributed by atoms with Gasteiger partial charge in [0, 0.05) is 24.6 Å². The van der Waals surface area contributed by atoms with Gasteiger partial charge in [-0.2, -0.15) is 0 Å². The molecular formula is C24H29N4+. The van der Waals surface area contributed by atoms with Crippen molar-refractivity contribution in [2.24, 2.45) is 0 Å². The third-order valence-corrected chi connectivity index (χ3v) is 5.70. The van der Waals surface area contributed by atoms with Gasteiger partial charge in [0.2, 0.25) is 0 Å². The minimum Gasteiger partial charge on any atom is -0.347 e. The summed E-state index contributed by atoms with van der Waals surface area (Å²) in [4.78, 5) is 9.46. The maximum atomic E-state index is 4.48. The van der Waals surface area contributed by atoms with Crippen LogP contribution < -0.4 is 14.4 Å². The van der Waals surface area contributed by atoms with E-state index >= 15 is 0 Å². The van der Waals surface area contributed by atoms with Crippen molar-refractivity contribution in [2.75, 3.05) is 9.80 Å². The van der Waals surface area contributed by atoms with Gasteiger partial charge in [0.05, 0.1) is 17.1 Å². The number of benzene rings is 2. The quantitative estimate of drug-likeness (QED) is 0.604. The van der Waals surface area contributed by atoms with Crippen molar-refractivity contribution >= 4 is 17.1 Å². The van der Waals surface area contributed by atoms with Gasteiger partial charge < -0.3 is 9.80 Å². The molecule has 0 radical (unpaired) electrons. The Bertz CT molecular complexity index is 1020. The molecule has 0 aliphatic carbocycles. The fourth-order valence-electron chi connectivity index (χ4n) is 4.48. The summed E-state index contributed by atoms with van der Waals surface area (Å²) < 4.78 is 2.18. The highest BCUT2D eigenvalue weighted by Crippen LogP contribution is 2.46. The molecule has 0 saturated carbocycles. The van der Waals surface area contributed by atoms with Crippen LogP contribution in [-0.4, -0.2) is 17.2 Å². The predicted molar refractivity (Wildman–Crippen MR) is 116 cm³/mol. The van der Waals surface area contributed by atoms with Gasteiger partial charge in [-0.05, 0) is 64.4 Å². The zero-order valence-electron chi connectivity index (χ0n) is 17.6. The number of nitrogens with zero attached hydrogens (tertiary/aromatic N) is 4. The highest BCUT2D eigenvalue weighted by Gasteiger charge is 2.36. The van der Waals surface area contributed by atoms with E-state index in [4.69, 9.17) is 0 Å². The van der Waals surface area contributed by atoms with Crippen molar-refractivity contribution in [2.45, 2.75) is 53.8 Å². The van der Waals surface area contributed by atoms with Crippen LogP contribution in [0.5, 0.6) is 0 Å². The Hall–Kier alpha value is -2.88. The Kier molecular flexibility index (Phi) is 4.58. The molecule has 0 amide bonds. The highest BCUT2D eigenvalue weighted by molar-refractivity contribution is 5.85. The summed E-state index contributed by atoms with van der Waals surface area (Å²) in [6.45, 7) is 13.3. The minimum absolute atomic E-state index is 0.255. The molecule has 0 N–H and O–H groups in total. The van der Waals surface area contributed by atoms with Gasteiger partial charge in [-0.25, -0.2) is 4.57 Å². The highest BCUT2D eigenvalue weighted by atomic mass is 15.4. The number of anilines is 3. The molecule has 1 aromatic heterocycles. The molecule has 144 valence electrons. The zero-order chi connectivity index (χ0) is 20.0. The number of aromatic nitrogens is 2. The topological polar surface area (TPSA) is 23.2 Å². The minimum atomic E-state index is 0.255. The molecule has 4 nitrogen and oxygen atoms in total. The van der Waals surface area contributed by atoms with Crippen LogP contribution in [0.2, 0.25) is 0 Å². The number of hydrogen-bond donors (Lipinski definition) is 0. The van der Waals surface area contributed by atoms with Crippen LogP contribution in [0.1, 0.15) is 37.7 Å².